The van der Waals surface area contributed by atoms with E-state index in [1.807, 2.05) is 24.5 Å². The molecule has 5 nitrogen and oxygen atoms in total. The Hall–Kier alpha value is -3.34. The van der Waals surface area contributed by atoms with Crippen molar-refractivity contribution in [2.75, 3.05) is 5.32 Å². The van der Waals surface area contributed by atoms with Gasteiger partial charge in [-0.25, -0.2) is 4.79 Å². The Bertz CT molecular complexity index is 1270. The predicted octanol–water partition coefficient (Wildman–Crippen LogP) is 5.78. The fraction of sp³-hybridized carbons (Fsp3) is 0.280. The van der Waals surface area contributed by atoms with Crippen LogP contribution in [0.4, 0.5) is 5.69 Å². The summed E-state index contributed by atoms with van der Waals surface area (Å²) in [6, 6.07) is 13.6. The number of aromatic carboxylic acids is 1. The van der Waals surface area contributed by atoms with E-state index in [1.165, 1.54) is 45.8 Å². The van der Waals surface area contributed by atoms with Gasteiger partial charge in [0.15, 0.2) is 0 Å². The van der Waals surface area contributed by atoms with E-state index in [0.717, 1.165) is 12.5 Å². The molecule has 1 aliphatic rings. The number of anilines is 1. The summed E-state index contributed by atoms with van der Waals surface area (Å²) in [6.45, 7) is 5.23. The average molecular weight is 399 g/mol. The summed E-state index contributed by atoms with van der Waals surface area (Å²) in [5, 5.41) is 15.4. The third-order valence-corrected chi connectivity index (χ3v) is 6.07. The third kappa shape index (κ3) is 3.20. The number of nitrogens with zero attached hydrogens (tertiary/aromatic N) is 2. The highest BCUT2D eigenvalue weighted by Crippen LogP contribution is 2.39. The first-order valence-corrected chi connectivity index (χ1v) is 10.5. The number of carbonyl (C=O) groups is 1. The SMILES string of the molecule is Cc1cc([C@@H](C)Nc2ccccc2C(=O)O)c2c(c1)c1cnccc1n2CC1CC1. The highest BCUT2D eigenvalue weighted by Gasteiger charge is 2.26. The molecule has 1 fully saturated rings. The van der Waals surface area contributed by atoms with Crippen LogP contribution in [0.15, 0.2) is 54.9 Å². The fourth-order valence-corrected chi connectivity index (χ4v) is 4.45. The molecule has 0 spiro atoms. The molecule has 0 aliphatic heterocycles. The zero-order valence-electron chi connectivity index (χ0n) is 17.2. The Kier molecular flexibility index (Phi) is 4.46. The van der Waals surface area contributed by atoms with Crippen molar-refractivity contribution >= 4 is 33.5 Å². The lowest BCUT2D eigenvalue weighted by molar-refractivity contribution is 0.0698. The average Bonchev–Trinajstić information content (AvgIpc) is 3.51. The van der Waals surface area contributed by atoms with Crippen LogP contribution >= 0.6 is 0 Å². The minimum absolute atomic E-state index is 0.0527. The van der Waals surface area contributed by atoms with Crippen LogP contribution in [0.2, 0.25) is 0 Å². The number of carboxylic acid groups (broad SMARTS) is 1. The van der Waals surface area contributed by atoms with Gasteiger partial charge in [0, 0.05) is 35.4 Å². The molecule has 1 atom stereocenters. The van der Waals surface area contributed by atoms with Gasteiger partial charge in [-0.3, -0.25) is 4.98 Å². The first-order chi connectivity index (χ1) is 14.5. The summed E-state index contributed by atoms with van der Waals surface area (Å²) < 4.78 is 2.44. The van der Waals surface area contributed by atoms with Crippen LogP contribution in [0.5, 0.6) is 0 Å². The zero-order chi connectivity index (χ0) is 20.8. The number of pyridine rings is 1. The first kappa shape index (κ1) is 18.7. The van der Waals surface area contributed by atoms with Gasteiger partial charge in [-0.1, -0.05) is 23.8 Å². The summed E-state index contributed by atoms with van der Waals surface area (Å²) in [6.07, 6.45) is 6.39. The van der Waals surface area contributed by atoms with E-state index in [-0.39, 0.29) is 11.6 Å². The third-order valence-electron chi connectivity index (χ3n) is 6.07. The van der Waals surface area contributed by atoms with Gasteiger partial charge >= 0.3 is 5.97 Å². The molecular formula is C25H25N3O2. The zero-order valence-corrected chi connectivity index (χ0v) is 17.2. The van der Waals surface area contributed by atoms with Gasteiger partial charge < -0.3 is 15.0 Å². The Morgan fingerprint density at radius 3 is 2.80 bits per heavy atom. The van der Waals surface area contributed by atoms with Crippen molar-refractivity contribution in [3.05, 3.63) is 71.5 Å². The smallest absolute Gasteiger partial charge is 0.337 e. The van der Waals surface area contributed by atoms with Gasteiger partial charge in [-0.2, -0.15) is 0 Å². The molecule has 0 unspecified atom stereocenters. The molecule has 1 aliphatic carbocycles. The maximum atomic E-state index is 11.7. The Morgan fingerprint density at radius 1 is 1.23 bits per heavy atom. The largest absolute Gasteiger partial charge is 0.478 e. The second-order valence-corrected chi connectivity index (χ2v) is 8.41. The van der Waals surface area contributed by atoms with Crippen molar-refractivity contribution in [1.29, 1.82) is 0 Å². The maximum Gasteiger partial charge on any atom is 0.337 e. The van der Waals surface area contributed by atoms with Crippen LogP contribution in [0.1, 0.15) is 47.3 Å². The minimum atomic E-state index is -0.923. The summed E-state index contributed by atoms with van der Waals surface area (Å²) in [5.41, 5.74) is 5.74. The molecule has 1 saturated carbocycles. The minimum Gasteiger partial charge on any atom is -0.478 e. The van der Waals surface area contributed by atoms with E-state index in [0.29, 0.717) is 5.69 Å². The van der Waals surface area contributed by atoms with Crippen LogP contribution < -0.4 is 5.32 Å². The molecule has 5 rings (SSSR count). The molecular weight excluding hydrogens is 374 g/mol. The monoisotopic (exact) mass is 399 g/mol. The van der Waals surface area contributed by atoms with Crippen LogP contribution in [-0.2, 0) is 6.54 Å². The Morgan fingerprint density at radius 2 is 2.03 bits per heavy atom. The number of para-hydroxylation sites is 1. The number of hydrogen-bond acceptors (Lipinski definition) is 3. The van der Waals surface area contributed by atoms with Crippen LogP contribution in [-0.4, -0.2) is 20.6 Å². The van der Waals surface area contributed by atoms with E-state index in [2.05, 4.69) is 46.9 Å². The lowest BCUT2D eigenvalue weighted by Crippen LogP contribution is -2.12. The molecule has 2 aromatic carbocycles. The molecule has 0 bridgehead atoms. The van der Waals surface area contributed by atoms with E-state index < -0.39 is 5.97 Å². The highest BCUT2D eigenvalue weighted by atomic mass is 16.4. The lowest BCUT2D eigenvalue weighted by Gasteiger charge is -2.20. The van der Waals surface area contributed by atoms with Crippen molar-refractivity contribution in [3.63, 3.8) is 0 Å². The van der Waals surface area contributed by atoms with E-state index >= 15 is 0 Å². The van der Waals surface area contributed by atoms with Gasteiger partial charge in [0.2, 0.25) is 0 Å². The second kappa shape index (κ2) is 7.17. The van der Waals surface area contributed by atoms with Gasteiger partial charge in [0.05, 0.1) is 22.6 Å². The molecule has 4 aromatic rings. The van der Waals surface area contributed by atoms with Crippen molar-refractivity contribution in [3.8, 4) is 0 Å². The molecule has 5 heteroatoms. The van der Waals surface area contributed by atoms with E-state index in [4.69, 9.17) is 0 Å². The standard InChI is InChI=1S/C25H25N3O2/c1-15-11-19(16(2)27-22-6-4-3-5-18(22)25(29)30)24-20(12-15)21-13-26-10-9-23(21)28(24)14-17-7-8-17/h3-6,9-13,16-17,27H,7-8,14H2,1-2H3,(H,29,30)/t16-/m1/s1. The number of fused-ring (bicyclic) bond motifs is 3. The van der Waals surface area contributed by atoms with Gasteiger partial charge in [0.25, 0.3) is 0 Å². The Labute approximate surface area is 175 Å². The number of rotatable bonds is 6. The summed E-state index contributed by atoms with van der Waals surface area (Å²) in [5.74, 6) is -0.185. The van der Waals surface area contributed by atoms with Crippen LogP contribution in [0.25, 0.3) is 21.8 Å². The molecule has 30 heavy (non-hydrogen) atoms. The summed E-state index contributed by atoms with van der Waals surface area (Å²) >= 11 is 0. The molecule has 0 amide bonds. The van der Waals surface area contributed by atoms with Crippen molar-refractivity contribution in [1.82, 2.24) is 9.55 Å². The van der Waals surface area contributed by atoms with Gasteiger partial charge in [0.1, 0.15) is 0 Å². The van der Waals surface area contributed by atoms with Gasteiger partial charge in [-0.15, -0.1) is 0 Å². The number of aryl methyl sites for hydroxylation is 1. The second-order valence-electron chi connectivity index (χ2n) is 8.41. The maximum absolute atomic E-state index is 11.7. The van der Waals surface area contributed by atoms with E-state index in [1.54, 1.807) is 12.1 Å². The van der Waals surface area contributed by atoms with Crippen molar-refractivity contribution in [2.24, 2.45) is 5.92 Å². The highest BCUT2D eigenvalue weighted by molar-refractivity contribution is 6.09. The Balaban J connectivity index is 1.68. The predicted molar refractivity (Wildman–Crippen MR) is 120 cm³/mol. The molecule has 2 N–H and O–H groups in total. The lowest BCUT2D eigenvalue weighted by atomic mass is 10.00. The van der Waals surface area contributed by atoms with Crippen LogP contribution in [0, 0.1) is 12.8 Å². The van der Waals surface area contributed by atoms with E-state index in [9.17, 15) is 9.90 Å². The molecule has 0 saturated heterocycles. The number of hydrogen-bond donors (Lipinski definition) is 2. The quantitative estimate of drug-likeness (QED) is 0.431. The van der Waals surface area contributed by atoms with Crippen molar-refractivity contribution < 1.29 is 9.90 Å². The first-order valence-electron chi connectivity index (χ1n) is 10.5. The summed E-state index contributed by atoms with van der Waals surface area (Å²) in [4.78, 5) is 16.0. The van der Waals surface area contributed by atoms with Crippen molar-refractivity contribution in [2.45, 2.75) is 39.3 Å². The van der Waals surface area contributed by atoms with Crippen LogP contribution in [0.3, 0.4) is 0 Å². The normalized spacial score (nSPS) is 14.9. The molecule has 2 heterocycles. The number of aromatic nitrogens is 2. The topological polar surface area (TPSA) is 67.2 Å². The van der Waals surface area contributed by atoms with Gasteiger partial charge in [-0.05, 0) is 62.4 Å². The molecule has 152 valence electrons. The number of carboxylic acids is 1. The molecule has 2 aromatic heterocycles. The summed E-state index contributed by atoms with van der Waals surface area (Å²) in [7, 11) is 0. The number of nitrogens with one attached hydrogen (secondary N) is 1. The molecule has 0 radical (unpaired) electrons. The number of benzene rings is 2. The fourth-order valence-electron chi connectivity index (χ4n) is 4.45.